The number of hydrogen-bond donors (Lipinski definition) is 1. The van der Waals surface area contributed by atoms with Crippen LogP contribution in [0.4, 0.5) is 0 Å². The molecule has 1 aliphatic carbocycles. The van der Waals surface area contributed by atoms with Gasteiger partial charge in [0.05, 0.1) is 11.7 Å². The SMILES string of the molecule is CNC1CCCc2sc(-c3cscc3C)nc21. The van der Waals surface area contributed by atoms with Crippen molar-refractivity contribution in [1.82, 2.24) is 10.3 Å². The first kappa shape index (κ1) is 11.4. The van der Waals surface area contributed by atoms with Crippen LogP contribution in [0.15, 0.2) is 10.8 Å². The monoisotopic (exact) mass is 264 g/mol. The Morgan fingerprint density at radius 3 is 3.00 bits per heavy atom. The summed E-state index contributed by atoms with van der Waals surface area (Å²) in [7, 11) is 2.04. The fourth-order valence-corrected chi connectivity index (χ4v) is 4.55. The number of thiophene rings is 1. The largest absolute Gasteiger partial charge is 0.312 e. The zero-order valence-corrected chi connectivity index (χ0v) is 11.8. The first-order chi connectivity index (χ1) is 8.29. The number of nitrogens with zero attached hydrogens (tertiary/aromatic N) is 1. The summed E-state index contributed by atoms with van der Waals surface area (Å²) < 4.78 is 0. The van der Waals surface area contributed by atoms with Crippen molar-refractivity contribution in [3.8, 4) is 10.6 Å². The highest BCUT2D eigenvalue weighted by atomic mass is 32.1. The van der Waals surface area contributed by atoms with Gasteiger partial charge in [-0.2, -0.15) is 11.3 Å². The van der Waals surface area contributed by atoms with Crippen molar-refractivity contribution in [2.75, 3.05) is 7.05 Å². The highest BCUT2D eigenvalue weighted by molar-refractivity contribution is 7.15. The molecule has 3 rings (SSSR count). The fourth-order valence-electron chi connectivity index (χ4n) is 2.39. The van der Waals surface area contributed by atoms with E-state index in [0.29, 0.717) is 6.04 Å². The van der Waals surface area contributed by atoms with Gasteiger partial charge in [0.1, 0.15) is 5.01 Å². The molecule has 1 atom stereocenters. The van der Waals surface area contributed by atoms with Crippen LogP contribution in [-0.2, 0) is 6.42 Å². The summed E-state index contributed by atoms with van der Waals surface area (Å²) in [5.74, 6) is 0. The van der Waals surface area contributed by atoms with Gasteiger partial charge in [0, 0.05) is 15.8 Å². The Labute approximate surface area is 110 Å². The zero-order chi connectivity index (χ0) is 11.8. The van der Waals surface area contributed by atoms with Gasteiger partial charge in [0.15, 0.2) is 0 Å². The van der Waals surface area contributed by atoms with Crippen molar-refractivity contribution in [1.29, 1.82) is 0 Å². The molecule has 1 N–H and O–H groups in total. The van der Waals surface area contributed by atoms with Gasteiger partial charge in [-0.1, -0.05) is 0 Å². The third kappa shape index (κ3) is 1.94. The second-order valence-corrected chi connectivity index (χ2v) is 6.36. The maximum atomic E-state index is 4.87. The quantitative estimate of drug-likeness (QED) is 0.893. The van der Waals surface area contributed by atoms with Crippen molar-refractivity contribution in [2.24, 2.45) is 0 Å². The molecule has 0 amide bonds. The lowest BCUT2D eigenvalue weighted by Gasteiger charge is -2.19. The lowest BCUT2D eigenvalue weighted by Crippen LogP contribution is -2.21. The van der Waals surface area contributed by atoms with E-state index in [1.807, 2.05) is 18.4 Å². The molecule has 2 aromatic heterocycles. The van der Waals surface area contributed by atoms with Gasteiger partial charge in [-0.15, -0.1) is 11.3 Å². The van der Waals surface area contributed by atoms with Gasteiger partial charge < -0.3 is 5.32 Å². The van der Waals surface area contributed by atoms with Crippen LogP contribution in [0.1, 0.15) is 35.0 Å². The molecule has 1 unspecified atom stereocenters. The number of rotatable bonds is 2. The molecular formula is C13H16N2S2. The van der Waals surface area contributed by atoms with Crippen LogP contribution in [-0.4, -0.2) is 12.0 Å². The zero-order valence-electron chi connectivity index (χ0n) is 10.1. The Hall–Kier alpha value is -0.710. The number of hydrogen-bond acceptors (Lipinski definition) is 4. The maximum Gasteiger partial charge on any atom is 0.125 e. The molecule has 0 spiro atoms. The molecule has 90 valence electrons. The van der Waals surface area contributed by atoms with E-state index in [0.717, 1.165) is 0 Å². The van der Waals surface area contributed by atoms with Gasteiger partial charge in [0.25, 0.3) is 0 Å². The van der Waals surface area contributed by atoms with Gasteiger partial charge in [0.2, 0.25) is 0 Å². The van der Waals surface area contributed by atoms with Crippen LogP contribution < -0.4 is 5.32 Å². The van der Waals surface area contributed by atoms with Crippen LogP contribution in [0, 0.1) is 6.92 Å². The minimum Gasteiger partial charge on any atom is -0.312 e. The van der Waals surface area contributed by atoms with E-state index in [4.69, 9.17) is 4.98 Å². The van der Waals surface area contributed by atoms with Crippen molar-refractivity contribution in [3.63, 3.8) is 0 Å². The summed E-state index contributed by atoms with van der Waals surface area (Å²) >= 11 is 3.65. The Bertz CT molecular complexity index is 527. The molecule has 1 aliphatic rings. The van der Waals surface area contributed by atoms with Crippen molar-refractivity contribution < 1.29 is 0 Å². The summed E-state index contributed by atoms with van der Waals surface area (Å²) in [4.78, 5) is 6.35. The van der Waals surface area contributed by atoms with E-state index in [1.54, 1.807) is 11.3 Å². The summed E-state index contributed by atoms with van der Waals surface area (Å²) in [5, 5.41) is 9.00. The van der Waals surface area contributed by atoms with Crippen LogP contribution in [0.2, 0.25) is 0 Å². The molecule has 2 aromatic rings. The molecule has 2 nitrogen and oxygen atoms in total. The van der Waals surface area contributed by atoms with Gasteiger partial charge >= 0.3 is 0 Å². The summed E-state index contributed by atoms with van der Waals surface area (Å²) in [6.07, 6.45) is 3.70. The average molecular weight is 264 g/mol. The molecule has 0 saturated carbocycles. The first-order valence-corrected chi connectivity index (χ1v) is 7.75. The second-order valence-electron chi connectivity index (χ2n) is 4.53. The third-order valence-corrected chi connectivity index (χ3v) is 5.41. The Morgan fingerprint density at radius 2 is 2.29 bits per heavy atom. The standard InChI is InChI=1S/C13H16N2S2/c1-8-6-16-7-9(8)13-15-12-10(14-2)4-3-5-11(12)17-13/h6-7,10,14H,3-5H2,1-2H3. The van der Waals surface area contributed by atoms with Gasteiger partial charge in [-0.05, 0) is 44.2 Å². The average Bonchev–Trinajstić information content (AvgIpc) is 2.93. The Morgan fingerprint density at radius 1 is 1.41 bits per heavy atom. The second kappa shape index (κ2) is 4.52. The summed E-state index contributed by atoms with van der Waals surface area (Å²) in [5.41, 5.74) is 3.97. The number of thiazole rings is 1. The van der Waals surface area contributed by atoms with Crippen LogP contribution in [0.25, 0.3) is 10.6 Å². The van der Waals surface area contributed by atoms with Crippen LogP contribution >= 0.6 is 22.7 Å². The van der Waals surface area contributed by atoms with Crippen molar-refractivity contribution >= 4 is 22.7 Å². The topological polar surface area (TPSA) is 24.9 Å². The molecule has 17 heavy (non-hydrogen) atoms. The minimum atomic E-state index is 0.461. The normalized spacial score (nSPS) is 19.3. The lowest BCUT2D eigenvalue weighted by molar-refractivity contribution is 0.490. The third-order valence-electron chi connectivity index (χ3n) is 3.39. The highest BCUT2D eigenvalue weighted by Gasteiger charge is 2.24. The molecule has 0 aromatic carbocycles. The molecule has 0 bridgehead atoms. The lowest BCUT2D eigenvalue weighted by atomic mass is 9.98. The van der Waals surface area contributed by atoms with E-state index in [9.17, 15) is 0 Å². The van der Waals surface area contributed by atoms with Crippen LogP contribution in [0.3, 0.4) is 0 Å². The predicted molar refractivity (Wildman–Crippen MR) is 74.9 cm³/mol. The van der Waals surface area contributed by atoms with E-state index in [2.05, 4.69) is 23.0 Å². The van der Waals surface area contributed by atoms with Crippen LogP contribution in [0.5, 0.6) is 0 Å². The number of aryl methyl sites for hydroxylation is 2. The highest BCUT2D eigenvalue weighted by Crippen LogP contribution is 2.38. The van der Waals surface area contributed by atoms with Crippen molar-refractivity contribution in [2.45, 2.75) is 32.2 Å². The van der Waals surface area contributed by atoms with E-state index < -0.39 is 0 Å². The van der Waals surface area contributed by atoms with E-state index >= 15 is 0 Å². The summed E-state index contributed by atoms with van der Waals surface area (Å²) in [6.45, 7) is 2.17. The number of nitrogens with one attached hydrogen (secondary N) is 1. The minimum absolute atomic E-state index is 0.461. The van der Waals surface area contributed by atoms with Gasteiger partial charge in [-0.3, -0.25) is 0 Å². The van der Waals surface area contributed by atoms with Gasteiger partial charge in [-0.25, -0.2) is 4.98 Å². The number of aromatic nitrogens is 1. The van der Waals surface area contributed by atoms with E-state index in [1.165, 1.54) is 46.0 Å². The Kier molecular flexibility index (Phi) is 3.03. The van der Waals surface area contributed by atoms with Crippen molar-refractivity contribution in [3.05, 3.63) is 26.9 Å². The molecule has 2 heterocycles. The van der Waals surface area contributed by atoms with E-state index in [-0.39, 0.29) is 0 Å². The summed E-state index contributed by atoms with van der Waals surface area (Å²) in [6, 6.07) is 0.461. The molecule has 4 heteroatoms. The predicted octanol–water partition coefficient (Wildman–Crippen LogP) is 3.78. The molecule has 0 radical (unpaired) electrons. The number of fused-ring (bicyclic) bond motifs is 1. The Balaban J connectivity index is 2.04. The molecule has 0 saturated heterocycles. The molecule has 0 aliphatic heterocycles. The molecular weight excluding hydrogens is 248 g/mol. The first-order valence-electron chi connectivity index (χ1n) is 5.99. The molecule has 0 fully saturated rings. The smallest absolute Gasteiger partial charge is 0.125 e. The maximum absolute atomic E-state index is 4.87. The fraction of sp³-hybridized carbons (Fsp3) is 0.462.